The average Bonchev–Trinajstić information content (AvgIpc) is 2.43. The molecule has 1 N–H and O–H groups in total. The highest BCUT2D eigenvalue weighted by molar-refractivity contribution is 5.27. The summed E-state index contributed by atoms with van der Waals surface area (Å²) < 4.78 is 24.2. The van der Waals surface area contributed by atoms with Gasteiger partial charge in [0.25, 0.3) is 0 Å². The molecular weight excluding hydrogens is 247 g/mol. The van der Waals surface area contributed by atoms with Gasteiger partial charge in [0, 0.05) is 39.6 Å². The van der Waals surface area contributed by atoms with E-state index in [4.69, 9.17) is 9.47 Å². The number of aliphatic hydroxyl groups excluding tert-OH is 1. The Labute approximate surface area is 113 Å². The van der Waals surface area contributed by atoms with Crippen LogP contribution in [0.4, 0.5) is 4.39 Å². The van der Waals surface area contributed by atoms with E-state index in [1.807, 2.05) is 6.92 Å². The number of benzene rings is 1. The molecule has 0 aliphatic carbocycles. The molecule has 0 saturated carbocycles. The Morgan fingerprint density at radius 1 is 1.42 bits per heavy atom. The third-order valence-corrected chi connectivity index (χ3v) is 4.08. The third kappa shape index (κ3) is 3.14. The van der Waals surface area contributed by atoms with Gasteiger partial charge in [-0.3, -0.25) is 0 Å². The van der Waals surface area contributed by atoms with E-state index in [2.05, 4.69) is 0 Å². The smallest absolute Gasteiger partial charge is 0.123 e. The van der Waals surface area contributed by atoms with Crippen LogP contribution in [-0.4, -0.2) is 37.1 Å². The Balaban J connectivity index is 2.14. The lowest BCUT2D eigenvalue weighted by atomic mass is 9.84. The van der Waals surface area contributed by atoms with Gasteiger partial charge in [0.05, 0.1) is 11.7 Å². The molecule has 1 atom stereocenters. The van der Waals surface area contributed by atoms with E-state index in [0.717, 1.165) is 11.1 Å². The number of hydrogen-bond donors (Lipinski definition) is 1. The molecule has 19 heavy (non-hydrogen) atoms. The van der Waals surface area contributed by atoms with Crippen LogP contribution in [0.5, 0.6) is 0 Å². The molecule has 1 aliphatic heterocycles. The maximum absolute atomic E-state index is 13.3. The number of ether oxygens (including phenoxy) is 2. The van der Waals surface area contributed by atoms with Crippen molar-refractivity contribution in [1.29, 1.82) is 0 Å². The van der Waals surface area contributed by atoms with Gasteiger partial charge in [-0.25, -0.2) is 4.39 Å². The van der Waals surface area contributed by atoms with Gasteiger partial charge in [-0.2, -0.15) is 0 Å². The van der Waals surface area contributed by atoms with Crippen LogP contribution in [-0.2, 0) is 15.9 Å². The first-order valence-electron chi connectivity index (χ1n) is 6.63. The van der Waals surface area contributed by atoms with Crippen molar-refractivity contribution in [2.45, 2.75) is 37.9 Å². The van der Waals surface area contributed by atoms with Gasteiger partial charge >= 0.3 is 0 Å². The second-order valence-electron chi connectivity index (χ2n) is 5.17. The lowest BCUT2D eigenvalue weighted by Crippen LogP contribution is -2.49. The SMILES string of the molecule is COC1(C(O)Cc2cc(F)ccc2C)CCOCC1. The van der Waals surface area contributed by atoms with Crippen LogP contribution < -0.4 is 0 Å². The molecule has 4 heteroatoms. The number of hydrogen-bond acceptors (Lipinski definition) is 3. The molecule has 1 heterocycles. The van der Waals surface area contributed by atoms with E-state index < -0.39 is 11.7 Å². The summed E-state index contributed by atoms with van der Waals surface area (Å²) in [5.41, 5.74) is 1.24. The van der Waals surface area contributed by atoms with E-state index in [-0.39, 0.29) is 5.82 Å². The summed E-state index contributed by atoms with van der Waals surface area (Å²) in [5, 5.41) is 10.5. The summed E-state index contributed by atoms with van der Waals surface area (Å²) in [6.07, 6.45) is 1.08. The molecule has 1 saturated heterocycles. The average molecular weight is 268 g/mol. The second kappa shape index (κ2) is 5.99. The molecule has 1 aromatic carbocycles. The number of aliphatic hydroxyl groups is 1. The summed E-state index contributed by atoms with van der Waals surface area (Å²) in [5.74, 6) is -0.272. The molecule has 0 amide bonds. The first-order chi connectivity index (χ1) is 9.07. The van der Waals surface area contributed by atoms with Crippen LogP contribution in [0.1, 0.15) is 24.0 Å². The van der Waals surface area contributed by atoms with Crippen LogP contribution in [0.2, 0.25) is 0 Å². The van der Waals surface area contributed by atoms with Crippen molar-refractivity contribution >= 4 is 0 Å². The van der Waals surface area contributed by atoms with Gasteiger partial charge in [-0.15, -0.1) is 0 Å². The minimum absolute atomic E-state index is 0.272. The molecule has 0 bridgehead atoms. The van der Waals surface area contributed by atoms with Crippen LogP contribution in [0.3, 0.4) is 0 Å². The summed E-state index contributed by atoms with van der Waals surface area (Å²) in [6.45, 7) is 3.10. The fraction of sp³-hybridized carbons (Fsp3) is 0.600. The second-order valence-corrected chi connectivity index (χ2v) is 5.17. The molecule has 1 unspecified atom stereocenters. The lowest BCUT2D eigenvalue weighted by Gasteiger charge is -2.40. The van der Waals surface area contributed by atoms with Crippen molar-refractivity contribution in [1.82, 2.24) is 0 Å². The fourth-order valence-electron chi connectivity index (χ4n) is 2.64. The van der Waals surface area contributed by atoms with Gasteiger partial charge in [-0.1, -0.05) is 6.07 Å². The first-order valence-corrected chi connectivity index (χ1v) is 6.63. The van der Waals surface area contributed by atoms with Gasteiger partial charge < -0.3 is 14.6 Å². The normalized spacial score (nSPS) is 20.2. The molecule has 0 radical (unpaired) electrons. The Morgan fingerprint density at radius 3 is 2.74 bits per heavy atom. The molecule has 106 valence electrons. The van der Waals surface area contributed by atoms with Crippen LogP contribution in [0, 0.1) is 12.7 Å². The van der Waals surface area contributed by atoms with Crippen molar-refractivity contribution in [2.75, 3.05) is 20.3 Å². The van der Waals surface area contributed by atoms with E-state index in [1.165, 1.54) is 12.1 Å². The Morgan fingerprint density at radius 2 is 2.11 bits per heavy atom. The zero-order valence-corrected chi connectivity index (χ0v) is 11.5. The molecule has 1 fully saturated rings. The fourth-order valence-corrected chi connectivity index (χ4v) is 2.64. The Bertz CT molecular complexity index is 427. The minimum Gasteiger partial charge on any atom is -0.390 e. The predicted octanol–water partition coefficient (Wildman–Crippen LogP) is 2.23. The monoisotopic (exact) mass is 268 g/mol. The van der Waals surface area contributed by atoms with E-state index in [0.29, 0.717) is 32.5 Å². The molecule has 1 aromatic rings. The van der Waals surface area contributed by atoms with Crippen molar-refractivity contribution in [3.63, 3.8) is 0 Å². The number of rotatable bonds is 4. The van der Waals surface area contributed by atoms with Gasteiger partial charge in [0.2, 0.25) is 0 Å². The van der Waals surface area contributed by atoms with Gasteiger partial charge in [0.15, 0.2) is 0 Å². The molecule has 2 rings (SSSR count). The van der Waals surface area contributed by atoms with Crippen molar-refractivity contribution in [3.8, 4) is 0 Å². The van der Waals surface area contributed by atoms with Crippen molar-refractivity contribution < 1.29 is 19.0 Å². The zero-order chi connectivity index (χ0) is 13.9. The largest absolute Gasteiger partial charge is 0.390 e. The quantitative estimate of drug-likeness (QED) is 0.910. The Kier molecular flexibility index (Phi) is 4.55. The number of aryl methyl sites for hydroxylation is 1. The highest BCUT2D eigenvalue weighted by atomic mass is 19.1. The van der Waals surface area contributed by atoms with Crippen LogP contribution >= 0.6 is 0 Å². The maximum Gasteiger partial charge on any atom is 0.123 e. The zero-order valence-electron chi connectivity index (χ0n) is 11.5. The highest BCUT2D eigenvalue weighted by Crippen LogP contribution is 2.30. The third-order valence-electron chi connectivity index (χ3n) is 4.08. The van der Waals surface area contributed by atoms with E-state index in [9.17, 15) is 9.50 Å². The minimum atomic E-state index is -0.651. The van der Waals surface area contributed by atoms with E-state index in [1.54, 1.807) is 13.2 Å². The van der Waals surface area contributed by atoms with Crippen molar-refractivity contribution in [3.05, 3.63) is 35.1 Å². The molecular formula is C15H21FO3. The maximum atomic E-state index is 13.3. The molecule has 1 aliphatic rings. The summed E-state index contributed by atoms with van der Waals surface area (Å²) in [4.78, 5) is 0. The topological polar surface area (TPSA) is 38.7 Å². The standard InChI is InChI=1S/C15H21FO3/c1-11-3-4-13(16)9-12(11)10-14(17)15(18-2)5-7-19-8-6-15/h3-4,9,14,17H,5-8,10H2,1-2H3. The Hall–Kier alpha value is -0.970. The summed E-state index contributed by atoms with van der Waals surface area (Å²) in [6, 6.07) is 4.66. The molecule has 0 spiro atoms. The van der Waals surface area contributed by atoms with Crippen LogP contribution in [0.15, 0.2) is 18.2 Å². The summed E-state index contributed by atoms with van der Waals surface area (Å²) in [7, 11) is 1.62. The molecule has 3 nitrogen and oxygen atoms in total. The first kappa shape index (κ1) is 14.4. The molecule has 0 aromatic heterocycles. The predicted molar refractivity (Wildman–Crippen MR) is 70.6 cm³/mol. The van der Waals surface area contributed by atoms with Crippen LogP contribution in [0.25, 0.3) is 0 Å². The number of halogens is 1. The highest BCUT2D eigenvalue weighted by Gasteiger charge is 2.39. The van der Waals surface area contributed by atoms with Crippen molar-refractivity contribution in [2.24, 2.45) is 0 Å². The van der Waals surface area contributed by atoms with E-state index >= 15 is 0 Å². The lowest BCUT2D eigenvalue weighted by molar-refractivity contribution is -0.151. The van der Waals surface area contributed by atoms with Gasteiger partial charge in [0.1, 0.15) is 5.82 Å². The number of methoxy groups -OCH3 is 1. The summed E-state index contributed by atoms with van der Waals surface area (Å²) >= 11 is 0. The van der Waals surface area contributed by atoms with Gasteiger partial charge in [-0.05, 0) is 30.2 Å².